The van der Waals surface area contributed by atoms with E-state index in [1.807, 2.05) is 6.20 Å². The Morgan fingerprint density at radius 2 is 2.31 bits per heavy atom. The molecule has 1 N–H and O–H groups in total. The van der Waals surface area contributed by atoms with E-state index < -0.39 is 0 Å². The van der Waals surface area contributed by atoms with Gasteiger partial charge in [0.2, 0.25) is 0 Å². The summed E-state index contributed by atoms with van der Waals surface area (Å²) >= 11 is 0. The molecule has 1 aromatic heterocycles. The normalized spacial score (nSPS) is 30.2. The molecule has 0 aromatic carbocycles. The molecule has 0 radical (unpaired) electrons. The maximum atomic E-state index is 4.19. The number of hydrogen-bond acceptors (Lipinski definition) is 2. The SMILES string of the molecule is CC(C)N1CCCC2Cc3[nH]ncc3CC21. The number of aromatic nitrogens is 2. The summed E-state index contributed by atoms with van der Waals surface area (Å²) in [5.41, 5.74) is 2.85. The van der Waals surface area contributed by atoms with Gasteiger partial charge in [0.05, 0.1) is 6.20 Å². The standard InChI is InChI=1S/C13H21N3/c1-9(2)16-5-3-4-10-6-12-11(7-13(10)16)8-14-15-12/h8-10,13H,3-7H2,1-2H3,(H,14,15). The fourth-order valence-electron chi connectivity index (χ4n) is 3.51. The number of aromatic amines is 1. The Balaban J connectivity index is 1.87. The molecule has 3 rings (SSSR count). The first-order chi connectivity index (χ1) is 7.75. The minimum Gasteiger partial charge on any atom is -0.297 e. The Morgan fingerprint density at radius 3 is 3.12 bits per heavy atom. The molecule has 3 nitrogen and oxygen atoms in total. The second-order valence-corrected chi connectivity index (χ2v) is 5.58. The van der Waals surface area contributed by atoms with Crippen molar-refractivity contribution in [2.45, 2.75) is 51.6 Å². The first-order valence-electron chi connectivity index (χ1n) is 6.52. The van der Waals surface area contributed by atoms with Crippen LogP contribution in [0.15, 0.2) is 6.20 Å². The van der Waals surface area contributed by atoms with Crippen molar-refractivity contribution in [1.82, 2.24) is 15.1 Å². The van der Waals surface area contributed by atoms with Crippen LogP contribution in [-0.4, -0.2) is 33.7 Å². The Hall–Kier alpha value is -0.830. The molecule has 88 valence electrons. The predicted molar refractivity (Wildman–Crippen MR) is 64.3 cm³/mol. The van der Waals surface area contributed by atoms with Gasteiger partial charge in [0.15, 0.2) is 0 Å². The molecule has 3 heteroatoms. The van der Waals surface area contributed by atoms with E-state index in [-0.39, 0.29) is 0 Å². The van der Waals surface area contributed by atoms with Gasteiger partial charge in [-0.15, -0.1) is 0 Å². The smallest absolute Gasteiger partial charge is 0.0522 e. The maximum Gasteiger partial charge on any atom is 0.0522 e. The van der Waals surface area contributed by atoms with Crippen molar-refractivity contribution < 1.29 is 0 Å². The fourth-order valence-corrected chi connectivity index (χ4v) is 3.51. The van der Waals surface area contributed by atoms with Gasteiger partial charge < -0.3 is 0 Å². The van der Waals surface area contributed by atoms with Crippen molar-refractivity contribution in [3.63, 3.8) is 0 Å². The molecular weight excluding hydrogens is 198 g/mol. The largest absolute Gasteiger partial charge is 0.297 e. The van der Waals surface area contributed by atoms with Gasteiger partial charge in [-0.25, -0.2) is 0 Å². The molecular formula is C13H21N3. The molecule has 2 aliphatic rings. The molecule has 1 aromatic rings. The Bertz CT molecular complexity index is 369. The van der Waals surface area contributed by atoms with Crippen LogP contribution in [0.4, 0.5) is 0 Å². The Labute approximate surface area is 97.2 Å². The average molecular weight is 219 g/mol. The van der Waals surface area contributed by atoms with Gasteiger partial charge in [-0.05, 0) is 57.6 Å². The van der Waals surface area contributed by atoms with E-state index in [1.165, 1.54) is 43.5 Å². The van der Waals surface area contributed by atoms with Gasteiger partial charge in [0, 0.05) is 17.8 Å². The second-order valence-electron chi connectivity index (χ2n) is 5.58. The summed E-state index contributed by atoms with van der Waals surface area (Å²) in [6.45, 7) is 5.94. The highest BCUT2D eigenvalue weighted by atomic mass is 15.2. The van der Waals surface area contributed by atoms with Crippen LogP contribution in [0.1, 0.15) is 37.9 Å². The Kier molecular flexibility index (Phi) is 2.51. The molecule has 1 aliphatic carbocycles. The molecule has 0 saturated carbocycles. The van der Waals surface area contributed by atoms with E-state index in [0.717, 1.165) is 12.0 Å². The molecule has 2 atom stereocenters. The molecule has 1 aliphatic heterocycles. The van der Waals surface area contributed by atoms with Crippen molar-refractivity contribution in [3.05, 3.63) is 17.5 Å². The van der Waals surface area contributed by atoms with Crippen molar-refractivity contribution in [1.29, 1.82) is 0 Å². The van der Waals surface area contributed by atoms with Gasteiger partial charge in [-0.2, -0.15) is 5.10 Å². The summed E-state index contributed by atoms with van der Waals surface area (Å²) in [6.07, 6.45) is 7.20. The summed E-state index contributed by atoms with van der Waals surface area (Å²) in [5.74, 6) is 0.851. The van der Waals surface area contributed by atoms with Crippen molar-refractivity contribution >= 4 is 0 Å². The first kappa shape index (κ1) is 10.3. The average Bonchev–Trinajstić information content (AvgIpc) is 2.71. The molecule has 2 unspecified atom stereocenters. The van der Waals surface area contributed by atoms with Gasteiger partial charge in [0.25, 0.3) is 0 Å². The fraction of sp³-hybridized carbons (Fsp3) is 0.769. The van der Waals surface area contributed by atoms with E-state index in [4.69, 9.17) is 0 Å². The van der Waals surface area contributed by atoms with Crippen LogP contribution in [0.25, 0.3) is 0 Å². The number of nitrogens with zero attached hydrogens (tertiary/aromatic N) is 2. The lowest BCUT2D eigenvalue weighted by Gasteiger charge is -2.45. The third-order valence-electron chi connectivity index (χ3n) is 4.33. The molecule has 16 heavy (non-hydrogen) atoms. The lowest BCUT2D eigenvalue weighted by atomic mass is 9.77. The van der Waals surface area contributed by atoms with Crippen LogP contribution in [0.5, 0.6) is 0 Å². The number of hydrogen-bond donors (Lipinski definition) is 1. The van der Waals surface area contributed by atoms with Crippen LogP contribution in [-0.2, 0) is 12.8 Å². The minimum atomic E-state index is 0.682. The lowest BCUT2D eigenvalue weighted by Crippen LogP contribution is -2.51. The van der Waals surface area contributed by atoms with Crippen LogP contribution in [0, 0.1) is 5.92 Å². The molecule has 0 spiro atoms. The number of likely N-dealkylation sites (tertiary alicyclic amines) is 1. The summed E-state index contributed by atoms with van der Waals surface area (Å²) in [6, 6.07) is 1.44. The zero-order chi connectivity index (χ0) is 11.1. The van der Waals surface area contributed by atoms with Gasteiger partial charge in [-0.1, -0.05) is 0 Å². The number of nitrogens with one attached hydrogen (secondary N) is 1. The van der Waals surface area contributed by atoms with Crippen LogP contribution in [0.2, 0.25) is 0 Å². The third-order valence-corrected chi connectivity index (χ3v) is 4.33. The van der Waals surface area contributed by atoms with E-state index in [2.05, 4.69) is 28.9 Å². The van der Waals surface area contributed by atoms with Crippen molar-refractivity contribution in [3.8, 4) is 0 Å². The molecule has 0 bridgehead atoms. The van der Waals surface area contributed by atoms with E-state index in [0.29, 0.717) is 6.04 Å². The number of H-pyrrole nitrogens is 1. The highest BCUT2D eigenvalue weighted by Gasteiger charge is 2.36. The predicted octanol–water partition coefficient (Wildman–Crippen LogP) is 2.00. The number of rotatable bonds is 1. The van der Waals surface area contributed by atoms with Crippen LogP contribution < -0.4 is 0 Å². The quantitative estimate of drug-likeness (QED) is 0.783. The highest BCUT2D eigenvalue weighted by Crippen LogP contribution is 2.34. The van der Waals surface area contributed by atoms with Gasteiger partial charge in [0.1, 0.15) is 0 Å². The van der Waals surface area contributed by atoms with Crippen LogP contribution in [0.3, 0.4) is 0 Å². The minimum absolute atomic E-state index is 0.682. The molecule has 2 heterocycles. The van der Waals surface area contributed by atoms with Crippen molar-refractivity contribution in [2.24, 2.45) is 5.92 Å². The van der Waals surface area contributed by atoms with Gasteiger partial charge >= 0.3 is 0 Å². The maximum absolute atomic E-state index is 4.19. The highest BCUT2D eigenvalue weighted by molar-refractivity contribution is 5.23. The summed E-state index contributed by atoms with van der Waals surface area (Å²) in [5, 5.41) is 7.35. The van der Waals surface area contributed by atoms with E-state index in [1.54, 1.807) is 0 Å². The van der Waals surface area contributed by atoms with E-state index >= 15 is 0 Å². The third kappa shape index (κ3) is 1.58. The number of fused-ring (bicyclic) bond motifs is 2. The monoisotopic (exact) mass is 219 g/mol. The summed E-state index contributed by atoms with van der Waals surface area (Å²) < 4.78 is 0. The van der Waals surface area contributed by atoms with Crippen LogP contribution >= 0.6 is 0 Å². The topological polar surface area (TPSA) is 31.9 Å². The summed E-state index contributed by atoms with van der Waals surface area (Å²) in [4.78, 5) is 2.70. The molecule has 1 saturated heterocycles. The van der Waals surface area contributed by atoms with Crippen molar-refractivity contribution in [2.75, 3.05) is 6.54 Å². The zero-order valence-corrected chi connectivity index (χ0v) is 10.2. The van der Waals surface area contributed by atoms with E-state index in [9.17, 15) is 0 Å². The first-order valence-corrected chi connectivity index (χ1v) is 6.52. The lowest BCUT2D eigenvalue weighted by molar-refractivity contribution is 0.0577. The number of piperidine rings is 1. The summed E-state index contributed by atoms with van der Waals surface area (Å²) in [7, 11) is 0. The zero-order valence-electron chi connectivity index (χ0n) is 10.2. The van der Waals surface area contributed by atoms with Gasteiger partial charge in [-0.3, -0.25) is 10.00 Å². The second kappa shape index (κ2) is 3.88. The molecule has 1 fully saturated rings. The molecule has 0 amide bonds. The Morgan fingerprint density at radius 1 is 1.44 bits per heavy atom.